The Morgan fingerprint density at radius 1 is 1.44 bits per heavy atom. The van der Waals surface area contributed by atoms with Crippen LogP contribution in [-0.4, -0.2) is 45.2 Å². The zero-order chi connectivity index (χ0) is 13.4. The van der Waals surface area contributed by atoms with Gasteiger partial charge in [0.1, 0.15) is 11.5 Å². The molecule has 2 N–H and O–H groups in total. The molecule has 1 heterocycles. The Bertz CT molecular complexity index is 425. The van der Waals surface area contributed by atoms with E-state index < -0.39 is 10.8 Å². The Morgan fingerprint density at radius 2 is 2.22 bits per heavy atom. The van der Waals surface area contributed by atoms with Gasteiger partial charge in [-0.2, -0.15) is 0 Å². The molecule has 0 fully saturated rings. The van der Waals surface area contributed by atoms with Crippen LogP contribution >= 0.6 is 0 Å². The van der Waals surface area contributed by atoms with Crippen LogP contribution in [0.2, 0.25) is 0 Å². The molecule has 1 rings (SSSR count). The van der Waals surface area contributed by atoms with E-state index >= 15 is 0 Å². The second-order valence-electron chi connectivity index (χ2n) is 3.71. The van der Waals surface area contributed by atoms with E-state index in [9.17, 15) is 9.00 Å². The van der Waals surface area contributed by atoms with Gasteiger partial charge >= 0.3 is 0 Å². The maximum absolute atomic E-state index is 11.7. The lowest BCUT2D eigenvalue weighted by Crippen LogP contribution is -2.26. The van der Waals surface area contributed by atoms with Crippen molar-refractivity contribution >= 4 is 22.5 Å². The van der Waals surface area contributed by atoms with Crippen molar-refractivity contribution in [3.8, 4) is 0 Å². The van der Waals surface area contributed by atoms with Gasteiger partial charge in [-0.15, -0.1) is 0 Å². The summed E-state index contributed by atoms with van der Waals surface area (Å²) in [5.74, 6) is 0.910. The molecule has 18 heavy (non-hydrogen) atoms. The van der Waals surface area contributed by atoms with Crippen LogP contribution in [0.5, 0.6) is 0 Å². The molecule has 0 aliphatic carbocycles. The van der Waals surface area contributed by atoms with E-state index in [-0.39, 0.29) is 11.6 Å². The number of nitrogens with zero attached hydrogens (tertiary/aromatic N) is 2. The van der Waals surface area contributed by atoms with Crippen molar-refractivity contribution in [2.24, 2.45) is 0 Å². The zero-order valence-corrected chi connectivity index (χ0v) is 11.4. The summed E-state index contributed by atoms with van der Waals surface area (Å²) < 4.78 is 10.8. The van der Waals surface area contributed by atoms with Crippen LogP contribution in [0.3, 0.4) is 0 Å². The first-order valence-electron chi connectivity index (χ1n) is 5.77. The molecule has 100 valence electrons. The average Bonchev–Trinajstić information content (AvgIpc) is 2.35. The number of amides is 1. The molecule has 0 aliphatic rings. The minimum absolute atomic E-state index is 0.260. The molecule has 1 unspecified atom stereocenters. The van der Waals surface area contributed by atoms with Gasteiger partial charge in [-0.3, -0.25) is 14.0 Å². The van der Waals surface area contributed by atoms with Crippen LogP contribution in [0.25, 0.3) is 0 Å². The van der Waals surface area contributed by atoms with Gasteiger partial charge < -0.3 is 10.6 Å². The topological polar surface area (TPSA) is 84.0 Å². The van der Waals surface area contributed by atoms with Gasteiger partial charge in [0.2, 0.25) is 0 Å². The lowest BCUT2D eigenvalue weighted by molar-refractivity contribution is 0.0948. The molecule has 6 nitrogen and oxygen atoms in total. The highest BCUT2D eigenvalue weighted by Gasteiger charge is 2.07. The molecule has 1 aromatic heterocycles. The number of rotatable bonds is 7. The van der Waals surface area contributed by atoms with E-state index in [1.165, 1.54) is 6.20 Å². The summed E-state index contributed by atoms with van der Waals surface area (Å²) in [6.07, 6.45) is 5.33. The Morgan fingerprint density at radius 3 is 2.89 bits per heavy atom. The second-order valence-corrected chi connectivity index (χ2v) is 5.26. The molecule has 1 amide bonds. The van der Waals surface area contributed by atoms with Crippen molar-refractivity contribution in [2.75, 3.05) is 30.4 Å². The summed E-state index contributed by atoms with van der Waals surface area (Å²) in [6.45, 7) is 3.16. The van der Waals surface area contributed by atoms with Crippen LogP contribution in [0.4, 0.5) is 5.82 Å². The maximum Gasteiger partial charge on any atom is 0.271 e. The average molecular weight is 270 g/mol. The van der Waals surface area contributed by atoms with Gasteiger partial charge in [-0.25, -0.2) is 4.98 Å². The SMILES string of the molecule is CCNc1cncc(C(=O)NCCCS(C)=O)n1. The highest BCUT2D eigenvalue weighted by molar-refractivity contribution is 7.84. The number of nitrogens with one attached hydrogen (secondary N) is 2. The number of anilines is 1. The summed E-state index contributed by atoms with van der Waals surface area (Å²) in [6, 6.07) is 0. The minimum atomic E-state index is -0.820. The normalized spacial score (nSPS) is 11.9. The molecule has 0 spiro atoms. The van der Waals surface area contributed by atoms with E-state index in [2.05, 4.69) is 20.6 Å². The predicted octanol–water partition coefficient (Wildman–Crippen LogP) is 0.407. The fourth-order valence-electron chi connectivity index (χ4n) is 1.31. The summed E-state index contributed by atoms with van der Waals surface area (Å²) in [7, 11) is -0.820. The third kappa shape index (κ3) is 5.22. The third-order valence-corrected chi connectivity index (χ3v) is 2.98. The number of carbonyl (C=O) groups excluding carboxylic acids is 1. The zero-order valence-electron chi connectivity index (χ0n) is 10.6. The smallest absolute Gasteiger partial charge is 0.271 e. The molecule has 0 bridgehead atoms. The first-order chi connectivity index (χ1) is 8.63. The molecular weight excluding hydrogens is 252 g/mol. The largest absolute Gasteiger partial charge is 0.369 e. The first-order valence-corrected chi connectivity index (χ1v) is 7.50. The van der Waals surface area contributed by atoms with Crippen molar-refractivity contribution in [3.63, 3.8) is 0 Å². The molecule has 0 saturated carbocycles. The molecule has 1 aromatic rings. The molecule has 0 saturated heterocycles. The van der Waals surface area contributed by atoms with E-state index in [4.69, 9.17) is 0 Å². The summed E-state index contributed by atoms with van der Waals surface area (Å²) >= 11 is 0. The fraction of sp³-hybridized carbons (Fsp3) is 0.545. The molecule has 0 aromatic carbocycles. The minimum Gasteiger partial charge on any atom is -0.369 e. The van der Waals surface area contributed by atoms with Crippen LogP contribution in [0, 0.1) is 0 Å². The van der Waals surface area contributed by atoms with Crippen LogP contribution in [-0.2, 0) is 10.8 Å². The van der Waals surface area contributed by atoms with Gasteiger partial charge in [-0.05, 0) is 13.3 Å². The van der Waals surface area contributed by atoms with E-state index in [0.29, 0.717) is 24.5 Å². The van der Waals surface area contributed by atoms with Gasteiger partial charge in [0.15, 0.2) is 0 Å². The second kappa shape index (κ2) is 7.75. The summed E-state index contributed by atoms with van der Waals surface area (Å²) in [4.78, 5) is 19.8. The Hall–Kier alpha value is -1.50. The van der Waals surface area contributed by atoms with Gasteiger partial charge in [0.25, 0.3) is 5.91 Å². The molecule has 0 radical (unpaired) electrons. The monoisotopic (exact) mass is 270 g/mol. The lowest BCUT2D eigenvalue weighted by atomic mass is 10.4. The summed E-state index contributed by atoms with van der Waals surface area (Å²) in [5, 5.41) is 5.71. The number of aromatic nitrogens is 2. The Kier molecular flexibility index (Phi) is 6.27. The Balaban J connectivity index is 2.45. The van der Waals surface area contributed by atoms with E-state index in [1.807, 2.05) is 6.92 Å². The standard InChI is InChI=1S/C11H18N4O2S/c1-3-13-10-8-12-7-9(15-10)11(16)14-5-4-6-18(2)17/h7-8H,3-6H2,1-2H3,(H,13,15)(H,14,16). The van der Waals surface area contributed by atoms with Crippen molar-refractivity contribution in [1.82, 2.24) is 15.3 Å². The van der Waals surface area contributed by atoms with Crippen LogP contribution < -0.4 is 10.6 Å². The van der Waals surface area contributed by atoms with Gasteiger partial charge in [0.05, 0.1) is 12.4 Å². The molecule has 1 atom stereocenters. The molecule has 7 heteroatoms. The van der Waals surface area contributed by atoms with E-state index in [1.54, 1.807) is 12.5 Å². The van der Waals surface area contributed by atoms with Crippen LogP contribution in [0.15, 0.2) is 12.4 Å². The number of hydrogen-bond donors (Lipinski definition) is 2. The highest BCUT2D eigenvalue weighted by atomic mass is 32.2. The number of hydrogen-bond acceptors (Lipinski definition) is 5. The lowest BCUT2D eigenvalue weighted by Gasteiger charge is -2.05. The quantitative estimate of drug-likeness (QED) is 0.701. The third-order valence-electron chi connectivity index (χ3n) is 2.12. The first kappa shape index (κ1) is 14.6. The number of carbonyl (C=O) groups is 1. The Labute approximate surface area is 109 Å². The van der Waals surface area contributed by atoms with Crippen molar-refractivity contribution in [1.29, 1.82) is 0 Å². The van der Waals surface area contributed by atoms with E-state index in [0.717, 1.165) is 6.54 Å². The predicted molar refractivity (Wildman–Crippen MR) is 72.1 cm³/mol. The molecule has 0 aliphatic heterocycles. The van der Waals surface area contributed by atoms with Crippen molar-refractivity contribution in [3.05, 3.63) is 18.1 Å². The summed E-state index contributed by atoms with van der Waals surface area (Å²) in [5.41, 5.74) is 0.283. The highest BCUT2D eigenvalue weighted by Crippen LogP contribution is 2.01. The van der Waals surface area contributed by atoms with Crippen molar-refractivity contribution < 1.29 is 9.00 Å². The van der Waals surface area contributed by atoms with Gasteiger partial charge in [0, 0.05) is 35.9 Å². The van der Waals surface area contributed by atoms with Gasteiger partial charge in [-0.1, -0.05) is 0 Å². The fourth-order valence-corrected chi connectivity index (χ4v) is 1.86. The van der Waals surface area contributed by atoms with Crippen molar-refractivity contribution in [2.45, 2.75) is 13.3 Å². The van der Waals surface area contributed by atoms with Crippen LogP contribution in [0.1, 0.15) is 23.8 Å². The molecular formula is C11H18N4O2S. The maximum atomic E-state index is 11.7.